The molecule has 0 aliphatic heterocycles. The van der Waals surface area contributed by atoms with Crippen LogP contribution in [-0.2, 0) is 16.1 Å². The van der Waals surface area contributed by atoms with Gasteiger partial charge >= 0.3 is 5.97 Å². The van der Waals surface area contributed by atoms with Crippen molar-refractivity contribution >= 4 is 28.9 Å². The van der Waals surface area contributed by atoms with Crippen LogP contribution in [0.25, 0.3) is 0 Å². The highest BCUT2D eigenvalue weighted by atomic mass is 35.5. The number of nitrogen functional groups attached to an aromatic ring is 1. The normalized spacial score (nSPS) is 11.9. The van der Waals surface area contributed by atoms with Crippen LogP contribution in [0, 0.1) is 0 Å². The number of nitrogens with zero attached hydrogens (tertiary/aromatic N) is 1. The Morgan fingerprint density at radius 2 is 1.92 bits per heavy atom. The van der Waals surface area contributed by atoms with Gasteiger partial charge in [0.25, 0.3) is 0 Å². The van der Waals surface area contributed by atoms with Crippen molar-refractivity contribution in [2.24, 2.45) is 5.84 Å². The number of hydrazine groups is 1. The summed E-state index contributed by atoms with van der Waals surface area (Å²) < 4.78 is 4.82. The van der Waals surface area contributed by atoms with E-state index in [1.54, 1.807) is 31.3 Å². The average Bonchev–Trinajstić information content (AvgIpc) is 2.59. The van der Waals surface area contributed by atoms with Gasteiger partial charge in [-0.1, -0.05) is 29.8 Å². The number of aliphatic hydroxyl groups is 1. The van der Waals surface area contributed by atoms with Crippen molar-refractivity contribution in [3.8, 4) is 0 Å². The van der Waals surface area contributed by atoms with Crippen LogP contribution in [0.5, 0.6) is 0 Å². The first-order chi connectivity index (χ1) is 11.9. The van der Waals surface area contributed by atoms with E-state index >= 15 is 0 Å². The number of benzene rings is 2. The number of halogens is 1. The maximum atomic E-state index is 11.9. The lowest BCUT2D eigenvalue weighted by atomic mass is 9.87. The van der Waals surface area contributed by atoms with Gasteiger partial charge in [0.1, 0.15) is 0 Å². The lowest BCUT2D eigenvalue weighted by Gasteiger charge is -2.21. The molecule has 6 nitrogen and oxygen atoms in total. The molecule has 0 amide bonds. The molecule has 2 aromatic carbocycles. The molecule has 0 aliphatic rings. The Kier molecular flexibility index (Phi) is 6.25. The second-order valence-electron chi connectivity index (χ2n) is 5.77. The molecule has 0 aromatic heterocycles. The van der Waals surface area contributed by atoms with E-state index in [9.17, 15) is 9.90 Å². The monoisotopic (exact) mass is 363 g/mol. The van der Waals surface area contributed by atoms with Gasteiger partial charge in [-0.05, 0) is 34.9 Å². The third-order valence-corrected chi connectivity index (χ3v) is 4.44. The number of carbonyl (C=O) groups is 1. The number of carbonyl (C=O) groups excluding carboxylic acids is 1. The Balaban J connectivity index is 2.49. The van der Waals surface area contributed by atoms with Gasteiger partial charge < -0.3 is 20.6 Å². The zero-order chi connectivity index (χ0) is 18.6. The largest absolute Gasteiger partial charge is 0.469 e. The lowest BCUT2D eigenvalue weighted by Crippen LogP contribution is -2.26. The molecule has 0 saturated carbocycles. The molecule has 0 spiro atoms. The second-order valence-corrected chi connectivity index (χ2v) is 6.18. The number of methoxy groups -OCH3 is 1. The van der Waals surface area contributed by atoms with E-state index in [2.05, 4.69) is 0 Å². The number of hydrogen-bond donors (Lipinski definition) is 3. The first kappa shape index (κ1) is 19.1. The number of anilines is 2. The summed E-state index contributed by atoms with van der Waals surface area (Å²) in [4.78, 5) is 11.9. The van der Waals surface area contributed by atoms with E-state index in [1.807, 2.05) is 12.1 Å². The van der Waals surface area contributed by atoms with Gasteiger partial charge in [-0.3, -0.25) is 4.79 Å². The molecule has 1 unspecified atom stereocenters. The van der Waals surface area contributed by atoms with Crippen LogP contribution in [0.3, 0.4) is 0 Å². The maximum Gasteiger partial charge on any atom is 0.306 e. The summed E-state index contributed by atoms with van der Waals surface area (Å²) in [6.45, 7) is -0.184. The van der Waals surface area contributed by atoms with Crippen LogP contribution in [-0.4, -0.2) is 25.2 Å². The third-order valence-electron chi connectivity index (χ3n) is 4.07. The van der Waals surface area contributed by atoms with Crippen LogP contribution in [0.1, 0.15) is 29.0 Å². The highest BCUT2D eigenvalue weighted by Gasteiger charge is 2.21. The highest BCUT2D eigenvalue weighted by Crippen LogP contribution is 2.34. The summed E-state index contributed by atoms with van der Waals surface area (Å²) in [5.74, 6) is 5.12. The fraction of sp³-hybridized carbons (Fsp3) is 0.278. The Morgan fingerprint density at radius 3 is 2.48 bits per heavy atom. The van der Waals surface area contributed by atoms with Gasteiger partial charge in [-0.2, -0.15) is 0 Å². The lowest BCUT2D eigenvalue weighted by molar-refractivity contribution is -0.140. The SMILES string of the molecule is COC(=O)CC(c1ccc(N(C)N)c(N)c1)c1ccc(Cl)c(CO)c1. The van der Waals surface area contributed by atoms with Gasteiger partial charge in [0.05, 0.1) is 31.5 Å². The van der Waals surface area contributed by atoms with Gasteiger partial charge in [-0.25, -0.2) is 5.84 Å². The van der Waals surface area contributed by atoms with Crippen LogP contribution in [0.15, 0.2) is 36.4 Å². The predicted molar refractivity (Wildman–Crippen MR) is 99.3 cm³/mol. The second kappa shape index (κ2) is 8.20. The number of rotatable bonds is 6. The van der Waals surface area contributed by atoms with E-state index in [0.29, 0.717) is 22.0 Å². The summed E-state index contributed by atoms with van der Waals surface area (Å²) in [6.07, 6.45) is 0.139. The molecule has 0 bridgehead atoms. The Hall–Kier alpha value is -2.28. The van der Waals surface area contributed by atoms with Gasteiger partial charge in [0.15, 0.2) is 0 Å². The summed E-state index contributed by atoms with van der Waals surface area (Å²) in [5.41, 5.74) is 9.56. The number of hydrogen-bond acceptors (Lipinski definition) is 6. The standard InChI is InChI=1S/C18H22ClN3O3/c1-22(21)17-6-4-12(8-16(17)20)14(9-18(24)25-2)11-3-5-15(19)13(7-11)10-23/h3-8,14,23H,9-10,20-21H2,1-2H3. The highest BCUT2D eigenvalue weighted by molar-refractivity contribution is 6.31. The molecule has 2 aromatic rings. The Bertz CT molecular complexity index is 765. The van der Waals surface area contributed by atoms with Gasteiger partial charge in [0.2, 0.25) is 0 Å². The van der Waals surface area contributed by atoms with Gasteiger partial charge in [-0.15, -0.1) is 0 Å². The van der Waals surface area contributed by atoms with Crippen molar-refractivity contribution in [2.45, 2.75) is 18.9 Å². The maximum absolute atomic E-state index is 11.9. The van der Waals surface area contributed by atoms with E-state index < -0.39 is 0 Å². The quantitative estimate of drug-likeness (QED) is 0.315. The van der Waals surface area contributed by atoms with Crippen LogP contribution < -0.4 is 16.6 Å². The summed E-state index contributed by atoms with van der Waals surface area (Å²) in [5, 5.41) is 11.4. The van der Waals surface area contributed by atoms with Crippen molar-refractivity contribution in [3.05, 3.63) is 58.1 Å². The van der Waals surface area contributed by atoms with Crippen molar-refractivity contribution < 1.29 is 14.6 Å². The van der Waals surface area contributed by atoms with Crippen molar-refractivity contribution in [2.75, 3.05) is 24.9 Å². The van der Waals surface area contributed by atoms with Crippen LogP contribution in [0.4, 0.5) is 11.4 Å². The zero-order valence-corrected chi connectivity index (χ0v) is 15.0. The zero-order valence-electron chi connectivity index (χ0n) is 14.2. The van der Waals surface area contributed by atoms with Gasteiger partial charge in [0, 0.05) is 18.0 Å². The number of ether oxygens (including phenoxy) is 1. The fourth-order valence-electron chi connectivity index (χ4n) is 2.72. The molecule has 5 N–H and O–H groups in total. The van der Waals surface area contributed by atoms with Crippen molar-refractivity contribution in [3.63, 3.8) is 0 Å². The molecule has 0 saturated heterocycles. The molecule has 0 fully saturated rings. The van der Waals surface area contributed by atoms with E-state index in [-0.39, 0.29) is 24.9 Å². The molecule has 134 valence electrons. The Labute approximate surface area is 151 Å². The number of aliphatic hydroxyl groups excluding tert-OH is 1. The molecular formula is C18H22ClN3O3. The Morgan fingerprint density at radius 1 is 1.28 bits per heavy atom. The smallest absolute Gasteiger partial charge is 0.306 e. The summed E-state index contributed by atoms with van der Waals surface area (Å²) >= 11 is 6.07. The summed E-state index contributed by atoms with van der Waals surface area (Å²) in [7, 11) is 3.05. The molecular weight excluding hydrogens is 342 g/mol. The molecule has 1 atom stereocenters. The fourth-order valence-corrected chi connectivity index (χ4v) is 2.90. The minimum Gasteiger partial charge on any atom is -0.469 e. The first-order valence-electron chi connectivity index (χ1n) is 7.71. The minimum atomic E-state index is -0.343. The third kappa shape index (κ3) is 4.42. The van der Waals surface area contributed by atoms with Crippen LogP contribution >= 0.6 is 11.6 Å². The van der Waals surface area contributed by atoms with Crippen molar-refractivity contribution in [1.82, 2.24) is 0 Å². The van der Waals surface area contributed by atoms with Crippen LogP contribution in [0.2, 0.25) is 5.02 Å². The van der Waals surface area contributed by atoms with Crippen molar-refractivity contribution in [1.29, 1.82) is 0 Å². The molecule has 0 aliphatic carbocycles. The summed E-state index contributed by atoms with van der Waals surface area (Å²) in [6, 6.07) is 10.8. The number of nitrogens with two attached hydrogens (primary N) is 2. The molecule has 0 heterocycles. The first-order valence-corrected chi connectivity index (χ1v) is 8.09. The minimum absolute atomic E-state index is 0.139. The topological polar surface area (TPSA) is 102 Å². The number of esters is 1. The van der Waals surface area contributed by atoms with E-state index in [4.69, 9.17) is 27.9 Å². The van der Waals surface area contributed by atoms with E-state index in [1.165, 1.54) is 12.1 Å². The molecule has 25 heavy (non-hydrogen) atoms. The molecule has 2 rings (SSSR count). The predicted octanol–water partition coefficient (Wildman–Crippen LogP) is 2.42. The molecule has 7 heteroatoms. The molecule has 0 radical (unpaired) electrons. The van der Waals surface area contributed by atoms with E-state index in [0.717, 1.165) is 11.1 Å². The average molecular weight is 364 g/mol.